The first-order chi connectivity index (χ1) is 8.84. The molecular formula is C13H17ClN2O2. The molecule has 1 fully saturated rings. The normalized spacial score (nSPS) is 19.2. The summed E-state index contributed by atoms with van der Waals surface area (Å²) in [6.45, 7) is 5.66. The topological polar surface area (TPSA) is 33.7 Å². The first-order valence-electron chi connectivity index (χ1n) is 6.34. The second kappa shape index (κ2) is 5.34. The predicted molar refractivity (Wildman–Crippen MR) is 70.6 cm³/mol. The third-order valence-electron chi connectivity index (χ3n) is 3.47. The van der Waals surface area contributed by atoms with Crippen LogP contribution in [0.25, 0.3) is 0 Å². The number of nitrogens with one attached hydrogen (secondary N) is 1. The molecule has 0 bridgehead atoms. The number of hydrogen-bond donors (Lipinski definition) is 1. The first-order valence-corrected chi connectivity index (χ1v) is 6.72. The molecule has 0 amide bonds. The molecule has 1 aromatic rings. The summed E-state index contributed by atoms with van der Waals surface area (Å²) >= 11 is 6.26. The summed E-state index contributed by atoms with van der Waals surface area (Å²) in [7, 11) is 0. The minimum atomic E-state index is 0.302. The van der Waals surface area contributed by atoms with Gasteiger partial charge in [-0.25, -0.2) is 0 Å². The fraction of sp³-hybridized carbons (Fsp3) is 0.538. The third-order valence-corrected chi connectivity index (χ3v) is 3.83. The summed E-state index contributed by atoms with van der Waals surface area (Å²) in [6.07, 6.45) is 0.908. The molecule has 0 atom stereocenters. The van der Waals surface area contributed by atoms with E-state index in [1.807, 2.05) is 12.1 Å². The van der Waals surface area contributed by atoms with Gasteiger partial charge in [-0.15, -0.1) is 0 Å². The molecular weight excluding hydrogens is 252 g/mol. The Labute approximate surface area is 112 Å². The van der Waals surface area contributed by atoms with Crippen LogP contribution in [0.2, 0.25) is 5.02 Å². The van der Waals surface area contributed by atoms with Crippen molar-refractivity contribution < 1.29 is 9.47 Å². The van der Waals surface area contributed by atoms with Gasteiger partial charge in [-0.3, -0.25) is 0 Å². The van der Waals surface area contributed by atoms with E-state index in [-0.39, 0.29) is 0 Å². The highest BCUT2D eigenvalue weighted by Gasteiger charge is 2.21. The number of benzene rings is 1. The number of piperazine rings is 1. The maximum absolute atomic E-state index is 6.26. The van der Waals surface area contributed by atoms with Crippen molar-refractivity contribution in [2.75, 3.05) is 39.5 Å². The van der Waals surface area contributed by atoms with Crippen LogP contribution in [0.5, 0.6) is 11.5 Å². The molecule has 1 saturated heterocycles. The van der Waals surface area contributed by atoms with Crippen LogP contribution in [0, 0.1) is 0 Å². The fourth-order valence-electron chi connectivity index (χ4n) is 2.44. The Morgan fingerprint density at radius 2 is 2.06 bits per heavy atom. The molecule has 0 aliphatic carbocycles. The van der Waals surface area contributed by atoms with Gasteiger partial charge in [0.2, 0.25) is 6.79 Å². The summed E-state index contributed by atoms with van der Waals surface area (Å²) < 4.78 is 10.9. The Balaban J connectivity index is 1.70. The van der Waals surface area contributed by atoms with Crippen molar-refractivity contribution >= 4 is 11.6 Å². The van der Waals surface area contributed by atoms with Gasteiger partial charge in [0.15, 0.2) is 11.5 Å². The summed E-state index contributed by atoms with van der Waals surface area (Å²) in [5.41, 5.74) is 1.07. The lowest BCUT2D eigenvalue weighted by atomic mass is 10.1. The highest BCUT2D eigenvalue weighted by molar-refractivity contribution is 6.31. The zero-order valence-corrected chi connectivity index (χ0v) is 11.0. The van der Waals surface area contributed by atoms with Crippen LogP contribution in [0.1, 0.15) is 5.56 Å². The highest BCUT2D eigenvalue weighted by atomic mass is 35.5. The first kappa shape index (κ1) is 12.1. The van der Waals surface area contributed by atoms with E-state index in [9.17, 15) is 0 Å². The Morgan fingerprint density at radius 3 is 2.89 bits per heavy atom. The van der Waals surface area contributed by atoms with Crippen molar-refractivity contribution in [1.29, 1.82) is 0 Å². The quantitative estimate of drug-likeness (QED) is 0.901. The molecule has 0 radical (unpaired) electrons. The van der Waals surface area contributed by atoms with E-state index in [4.69, 9.17) is 21.1 Å². The van der Waals surface area contributed by atoms with Gasteiger partial charge in [0.25, 0.3) is 0 Å². The summed E-state index contributed by atoms with van der Waals surface area (Å²) in [5, 5.41) is 4.13. The van der Waals surface area contributed by atoms with Crippen molar-refractivity contribution in [2.24, 2.45) is 0 Å². The van der Waals surface area contributed by atoms with E-state index in [1.165, 1.54) is 0 Å². The summed E-state index contributed by atoms with van der Waals surface area (Å²) in [6, 6.07) is 3.77. The van der Waals surface area contributed by atoms with Gasteiger partial charge in [-0.2, -0.15) is 0 Å². The van der Waals surface area contributed by atoms with Crippen LogP contribution in [0.4, 0.5) is 0 Å². The largest absolute Gasteiger partial charge is 0.454 e. The Hall–Kier alpha value is -0.970. The molecule has 3 rings (SSSR count). The van der Waals surface area contributed by atoms with Crippen molar-refractivity contribution in [3.05, 3.63) is 22.7 Å². The number of ether oxygens (including phenoxy) is 2. The van der Waals surface area contributed by atoms with E-state index in [1.54, 1.807) is 0 Å². The van der Waals surface area contributed by atoms with Gasteiger partial charge in [-0.05, 0) is 18.6 Å². The third kappa shape index (κ3) is 2.41. The zero-order chi connectivity index (χ0) is 12.4. The SMILES string of the molecule is Clc1ccc2c(c1CCN1CCNCC1)OCO2. The summed E-state index contributed by atoms with van der Waals surface area (Å²) in [5.74, 6) is 1.65. The molecule has 18 heavy (non-hydrogen) atoms. The van der Waals surface area contributed by atoms with Crippen molar-refractivity contribution in [1.82, 2.24) is 10.2 Å². The van der Waals surface area contributed by atoms with Crippen LogP contribution >= 0.6 is 11.6 Å². The highest BCUT2D eigenvalue weighted by Crippen LogP contribution is 2.39. The van der Waals surface area contributed by atoms with Crippen LogP contribution in [0.15, 0.2) is 12.1 Å². The van der Waals surface area contributed by atoms with Gasteiger partial charge < -0.3 is 19.7 Å². The minimum absolute atomic E-state index is 0.302. The number of rotatable bonds is 3. The van der Waals surface area contributed by atoms with Gasteiger partial charge in [0, 0.05) is 43.3 Å². The number of fused-ring (bicyclic) bond motifs is 1. The van der Waals surface area contributed by atoms with Crippen molar-refractivity contribution in [2.45, 2.75) is 6.42 Å². The van der Waals surface area contributed by atoms with Crippen LogP contribution < -0.4 is 14.8 Å². The lowest BCUT2D eigenvalue weighted by molar-refractivity contribution is 0.173. The van der Waals surface area contributed by atoms with Crippen LogP contribution in [-0.2, 0) is 6.42 Å². The van der Waals surface area contributed by atoms with Crippen LogP contribution in [-0.4, -0.2) is 44.4 Å². The molecule has 98 valence electrons. The van der Waals surface area contributed by atoms with Crippen molar-refractivity contribution in [3.63, 3.8) is 0 Å². The summed E-state index contributed by atoms with van der Waals surface area (Å²) in [4.78, 5) is 2.45. The average Bonchev–Trinajstić information content (AvgIpc) is 2.87. The molecule has 1 aromatic carbocycles. The lowest BCUT2D eigenvalue weighted by Gasteiger charge is -2.27. The predicted octanol–water partition coefficient (Wildman–Crippen LogP) is 1.52. The Kier molecular flexibility index (Phi) is 3.59. The molecule has 2 aliphatic rings. The molecule has 0 aromatic heterocycles. The monoisotopic (exact) mass is 268 g/mol. The zero-order valence-electron chi connectivity index (χ0n) is 10.2. The molecule has 4 nitrogen and oxygen atoms in total. The van der Waals surface area contributed by atoms with E-state index in [0.717, 1.165) is 61.2 Å². The molecule has 0 unspecified atom stereocenters. The minimum Gasteiger partial charge on any atom is -0.454 e. The van der Waals surface area contributed by atoms with Gasteiger partial charge in [0.1, 0.15) is 0 Å². The Morgan fingerprint density at radius 1 is 1.22 bits per heavy atom. The van der Waals surface area contributed by atoms with E-state index < -0.39 is 0 Å². The van der Waals surface area contributed by atoms with Crippen molar-refractivity contribution in [3.8, 4) is 11.5 Å². The van der Waals surface area contributed by atoms with Gasteiger partial charge in [-0.1, -0.05) is 11.6 Å². The van der Waals surface area contributed by atoms with Crippen LogP contribution in [0.3, 0.4) is 0 Å². The number of halogens is 1. The standard InChI is InChI=1S/C13H17ClN2O2/c14-11-1-2-12-13(18-9-17-12)10(11)3-6-16-7-4-15-5-8-16/h1-2,15H,3-9H2. The van der Waals surface area contributed by atoms with Gasteiger partial charge in [0.05, 0.1) is 0 Å². The average molecular weight is 269 g/mol. The lowest BCUT2D eigenvalue weighted by Crippen LogP contribution is -2.44. The van der Waals surface area contributed by atoms with E-state index in [2.05, 4.69) is 10.2 Å². The molecule has 5 heteroatoms. The smallest absolute Gasteiger partial charge is 0.231 e. The molecule has 2 aliphatic heterocycles. The Bertz CT molecular complexity index is 433. The maximum atomic E-state index is 6.26. The fourth-order valence-corrected chi connectivity index (χ4v) is 2.69. The van der Waals surface area contributed by atoms with Gasteiger partial charge >= 0.3 is 0 Å². The molecule has 1 N–H and O–H groups in total. The number of hydrogen-bond acceptors (Lipinski definition) is 4. The molecule has 0 saturated carbocycles. The number of nitrogens with zero attached hydrogens (tertiary/aromatic N) is 1. The second-order valence-electron chi connectivity index (χ2n) is 4.60. The van der Waals surface area contributed by atoms with E-state index >= 15 is 0 Å². The van der Waals surface area contributed by atoms with E-state index in [0.29, 0.717) is 6.79 Å². The molecule has 2 heterocycles. The molecule has 0 spiro atoms. The maximum Gasteiger partial charge on any atom is 0.231 e. The second-order valence-corrected chi connectivity index (χ2v) is 5.01.